The minimum atomic E-state index is -0.195. The zero-order valence-corrected chi connectivity index (χ0v) is 13.4. The highest BCUT2D eigenvalue weighted by molar-refractivity contribution is 7.21. The number of amides is 1. The molecule has 1 amide bonds. The maximum absolute atomic E-state index is 12.4. The monoisotopic (exact) mass is 319 g/mol. The van der Waals surface area contributed by atoms with Crippen molar-refractivity contribution in [2.24, 2.45) is 7.05 Å². The first kappa shape index (κ1) is 14.0. The van der Waals surface area contributed by atoms with Crippen LogP contribution in [0.15, 0.2) is 22.6 Å². The summed E-state index contributed by atoms with van der Waals surface area (Å²) in [6.07, 6.45) is 1.48. The summed E-state index contributed by atoms with van der Waals surface area (Å²) in [5, 5.41) is 6.17. The lowest BCUT2D eigenvalue weighted by Gasteiger charge is -2.00. The Labute approximate surface area is 128 Å². The van der Waals surface area contributed by atoms with Gasteiger partial charge >= 0.3 is 0 Å². The van der Waals surface area contributed by atoms with E-state index in [0.29, 0.717) is 20.7 Å². The number of anilines is 1. The van der Waals surface area contributed by atoms with E-state index in [1.165, 1.54) is 33.6 Å². The quantitative estimate of drug-likeness (QED) is 0.790. The molecule has 5 nitrogen and oxygen atoms in total. The number of thiophene rings is 2. The molecule has 0 spiro atoms. The molecule has 0 saturated carbocycles. The third kappa shape index (κ3) is 2.38. The summed E-state index contributed by atoms with van der Waals surface area (Å²) >= 11 is 2.73. The lowest BCUT2D eigenvalue weighted by molar-refractivity contribution is 0.103. The summed E-state index contributed by atoms with van der Waals surface area (Å²) in [7, 11) is 1.65. The van der Waals surface area contributed by atoms with Gasteiger partial charge in [0.1, 0.15) is 4.83 Å². The minimum absolute atomic E-state index is 0.125. The average Bonchev–Trinajstić information content (AvgIpc) is 2.98. The van der Waals surface area contributed by atoms with Gasteiger partial charge in [0.15, 0.2) is 0 Å². The molecule has 3 heterocycles. The van der Waals surface area contributed by atoms with Crippen LogP contribution in [0.5, 0.6) is 0 Å². The maximum atomic E-state index is 12.4. The maximum Gasteiger partial charge on any atom is 0.266 e. The van der Waals surface area contributed by atoms with Crippen LogP contribution < -0.4 is 10.9 Å². The zero-order chi connectivity index (χ0) is 15.1. The van der Waals surface area contributed by atoms with Crippen LogP contribution >= 0.6 is 22.7 Å². The summed E-state index contributed by atoms with van der Waals surface area (Å²) < 4.78 is 1.42. The highest BCUT2D eigenvalue weighted by Gasteiger charge is 2.19. The largest absolute Gasteiger partial charge is 0.313 e. The lowest BCUT2D eigenvalue weighted by atomic mass is 10.2. The molecule has 0 bridgehead atoms. The number of nitrogens with zero attached hydrogens (tertiary/aromatic N) is 2. The van der Waals surface area contributed by atoms with E-state index in [1.807, 2.05) is 18.4 Å². The van der Waals surface area contributed by atoms with Crippen LogP contribution in [0, 0.1) is 13.8 Å². The number of carbonyl (C=O) groups excluding carboxylic acids is 1. The van der Waals surface area contributed by atoms with Crippen LogP contribution in [-0.4, -0.2) is 15.5 Å². The van der Waals surface area contributed by atoms with Crippen LogP contribution in [0.4, 0.5) is 5.00 Å². The Morgan fingerprint density at radius 1 is 1.38 bits per heavy atom. The average molecular weight is 319 g/mol. The number of nitrogens with one attached hydrogen (secondary N) is 1. The van der Waals surface area contributed by atoms with Gasteiger partial charge in [-0.05, 0) is 36.4 Å². The van der Waals surface area contributed by atoms with Crippen LogP contribution in [0.2, 0.25) is 0 Å². The third-order valence-corrected chi connectivity index (χ3v) is 5.35. The predicted octanol–water partition coefficient (Wildman–Crippen LogP) is 2.93. The van der Waals surface area contributed by atoms with Gasteiger partial charge < -0.3 is 9.88 Å². The van der Waals surface area contributed by atoms with Gasteiger partial charge in [0.25, 0.3) is 11.5 Å². The van der Waals surface area contributed by atoms with E-state index in [2.05, 4.69) is 10.3 Å². The Morgan fingerprint density at radius 2 is 2.14 bits per heavy atom. The summed E-state index contributed by atoms with van der Waals surface area (Å²) in [5.41, 5.74) is 1.67. The van der Waals surface area contributed by atoms with E-state index >= 15 is 0 Å². The van der Waals surface area contributed by atoms with Gasteiger partial charge in [0, 0.05) is 7.05 Å². The number of carbonyl (C=O) groups is 1. The van der Waals surface area contributed by atoms with Crippen LogP contribution in [-0.2, 0) is 7.05 Å². The first-order valence-electron chi connectivity index (χ1n) is 6.28. The molecule has 21 heavy (non-hydrogen) atoms. The topological polar surface area (TPSA) is 64.0 Å². The van der Waals surface area contributed by atoms with Crippen molar-refractivity contribution in [3.05, 3.63) is 44.1 Å². The van der Waals surface area contributed by atoms with Crippen LogP contribution in [0.1, 0.15) is 20.8 Å². The Balaban J connectivity index is 2.04. The molecule has 3 aromatic rings. The van der Waals surface area contributed by atoms with Gasteiger partial charge in [0.2, 0.25) is 0 Å². The molecular formula is C14H13N3O2S2. The summed E-state index contributed by atoms with van der Waals surface area (Å²) in [4.78, 5) is 29.9. The smallest absolute Gasteiger partial charge is 0.266 e. The van der Waals surface area contributed by atoms with Crippen molar-refractivity contribution in [1.82, 2.24) is 9.55 Å². The van der Waals surface area contributed by atoms with Crippen molar-refractivity contribution in [3.8, 4) is 0 Å². The summed E-state index contributed by atoms with van der Waals surface area (Å²) in [6, 6.07) is 1.92. The van der Waals surface area contributed by atoms with Crippen LogP contribution in [0.3, 0.4) is 0 Å². The molecule has 3 aromatic heterocycles. The second kappa shape index (κ2) is 5.09. The first-order chi connectivity index (χ1) is 9.97. The Morgan fingerprint density at radius 3 is 2.81 bits per heavy atom. The summed E-state index contributed by atoms with van der Waals surface area (Å²) in [6.45, 7) is 3.76. The van der Waals surface area contributed by atoms with Crippen molar-refractivity contribution in [2.75, 3.05) is 5.32 Å². The van der Waals surface area contributed by atoms with Gasteiger partial charge in [-0.25, -0.2) is 4.98 Å². The fourth-order valence-electron chi connectivity index (χ4n) is 2.09. The molecule has 108 valence electrons. The van der Waals surface area contributed by atoms with Gasteiger partial charge in [-0.1, -0.05) is 0 Å². The predicted molar refractivity (Wildman–Crippen MR) is 86.6 cm³/mol. The molecule has 0 aliphatic carbocycles. The van der Waals surface area contributed by atoms with Crippen molar-refractivity contribution in [3.63, 3.8) is 0 Å². The number of aromatic nitrogens is 2. The SMILES string of the molecule is Cc1csc(NC(=O)c2sc3ncn(C)c(=O)c3c2C)c1. The number of rotatable bonds is 2. The lowest BCUT2D eigenvalue weighted by Crippen LogP contribution is -2.17. The van der Waals surface area contributed by atoms with Crippen molar-refractivity contribution >= 4 is 43.8 Å². The van der Waals surface area contributed by atoms with Gasteiger partial charge in [-0.2, -0.15) is 0 Å². The molecule has 7 heteroatoms. The molecule has 0 radical (unpaired) electrons. The standard InChI is InChI=1S/C14H13N3O2S2/c1-7-4-9(20-5-7)16-12(18)11-8(2)10-13(21-11)15-6-17(3)14(10)19/h4-6H,1-3H3,(H,16,18). The molecule has 0 aliphatic heterocycles. The fraction of sp³-hybridized carbons (Fsp3) is 0.214. The second-order valence-corrected chi connectivity index (χ2v) is 6.75. The van der Waals surface area contributed by atoms with Gasteiger partial charge in [-0.15, -0.1) is 22.7 Å². The Bertz CT molecular complexity index is 905. The van der Waals surface area contributed by atoms with E-state index < -0.39 is 0 Å². The zero-order valence-electron chi connectivity index (χ0n) is 11.8. The fourth-order valence-corrected chi connectivity index (χ4v) is 3.91. The van der Waals surface area contributed by atoms with Crippen molar-refractivity contribution in [2.45, 2.75) is 13.8 Å². The Kier molecular flexibility index (Phi) is 3.38. The number of fused-ring (bicyclic) bond motifs is 1. The summed E-state index contributed by atoms with van der Waals surface area (Å²) in [5.74, 6) is -0.195. The van der Waals surface area contributed by atoms with E-state index in [1.54, 1.807) is 14.0 Å². The second-order valence-electron chi connectivity index (χ2n) is 4.84. The normalized spacial score (nSPS) is 11.0. The highest BCUT2D eigenvalue weighted by atomic mass is 32.1. The van der Waals surface area contributed by atoms with Crippen molar-refractivity contribution < 1.29 is 4.79 Å². The van der Waals surface area contributed by atoms with E-state index in [0.717, 1.165) is 10.6 Å². The third-order valence-electron chi connectivity index (χ3n) is 3.18. The van der Waals surface area contributed by atoms with Crippen molar-refractivity contribution in [1.29, 1.82) is 0 Å². The molecule has 0 atom stereocenters. The van der Waals surface area contributed by atoms with Gasteiger partial charge in [0.05, 0.1) is 21.6 Å². The van der Waals surface area contributed by atoms with Crippen LogP contribution in [0.25, 0.3) is 10.2 Å². The molecule has 0 saturated heterocycles. The minimum Gasteiger partial charge on any atom is -0.313 e. The molecule has 3 rings (SSSR count). The number of hydrogen-bond acceptors (Lipinski definition) is 5. The molecule has 1 N–H and O–H groups in total. The van der Waals surface area contributed by atoms with Gasteiger partial charge in [-0.3, -0.25) is 9.59 Å². The van der Waals surface area contributed by atoms with E-state index in [9.17, 15) is 9.59 Å². The number of hydrogen-bond donors (Lipinski definition) is 1. The Hall–Kier alpha value is -1.99. The molecule has 0 aliphatic rings. The van der Waals surface area contributed by atoms with E-state index in [4.69, 9.17) is 0 Å². The first-order valence-corrected chi connectivity index (χ1v) is 7.98. The molecule has 0 aromatic carbocycles. The van der Waals surface area contributed by atoms with E-state index in [-0.39, 0.29) is 11.5 Å². The molecular weight excluding hydrogens is 306 g/mol. The number of aryl methyl sites for hydroxylation is 3. The molecule has 0 unspecified atom stereocenters. The molecule has 0 fully saturated rings. The highest BCUT2D eigenvalue weighted by Crippen LogP contribution is 2.28.